The number of aryl methyl sites for hydroxylation is 1. The Labute approximate surface area is 137 Å². The van der Waals surface area contributed by atoms with Gasteiger partial charge in [0.1, 0.15) is 4.90 Å². The molecule has 0 aromatic carbocycles. The molecule has 24 heavy (non-hydrogen) atoms. The lowest BCUT2D eigenvalue weighted by atomic mass is 10.2. The number of rotatable bonds is 4. The first-order valence-electron chi connectivity index (χ1n) is 6.79. The van der Waals surface area contributed by atoms with Gasteiger partial charge in [0, 0.05) is 18.3 Å². The van der Waals surface area contributed by atoms with Crippen LogP contribution >= 0.6 is 0 Å². The predicted octanol–water partition coefficient (Wildman–Crippen LogP) is 0.560. The smallest absolute Gasteiger partial charge is 0.268 e. The van der Waals surface area contributed by atoms with E-state index >= 15 is 0 Å². The van der Waals surface area contributed by atoms with Crippen molar-refractivity contribution >= 4 is 21.6 Å². The number of hydrogen-bond donors (Lipinski definition) is 1. The van der Waals surface area contributed by atoms with Crippen LogP contribution in [0.15, 0.2) is 41.7 Å². The number of methoxy groups -OCH3 is 1. The van der Waals surface area contributed by atoms with Crippen molar-refractivity contribution in [1.29, 1.82) is 0 Å². The fraction of sp³-hybridized carbons (Fsp3) is 0.143. The molecule has 124 valence electrons. The lowest BCUT2D eigenvalue weighted by molar-refractivity contribution is 0.0980. The van der Waals surface area contributed by atoms with Gasteiger partial charge in [-0.1, -0.05) is 0 Å². The minimum atomic E-state index is -4.06. The average Bonchev–Trinajstić information content (AvgIpc) is 3.04. The van der Waals surface area contributed by atoms with Crippen molar-refractivity contribution in [3.63, 3.8) is 0 Å². The normalized spacial score (nSPS) is 11.4. The van der Waals surface area contributed by atoms with Crippen molar-refractivity contribution in [3.05, 3.63) is 48.0 Å². The molecule has 0 fully saturated rings. The highest BCUT2D eigenvalue weighted by Crippen LogP contribution is 2.14. The van der Waals surface area contributed by atoms with Crippen LogP contribution in [0.5, 0.6) is 5.88 Å². The van der Waals surface area contributed by atoms with Crippen LogP contribution in [-0.2, 0) is 10.0 Å². The molecule has 0 saturated carbocycles. The maximum absolute atomic E-state index is 12.3. The summed E-state index contributed by atoms with van der Waals surface area (Å²) in [7, 11) is -2.65. The van der Waals surface area contributed by atoms with Gasteiger partial charge in [0.15, 0.2) is 5.65 Å². The first-order valence-corrected chi connectivity index (χ1v) is 8.27. The summed E-state index contributed by atoms with van der Waals surface area (Å²) in [4.78, 5) is 20.1. The highest BCUT2D eigenvalue weighted by atomic mass is 32.2. The zero-order valence-electron chi connectivity index (χ0n) is 12.8. The molecule has 0 unspecified atom stereocenters. The number of aromatic nitrogens is 4. The molecule has 0 saturated heterocycles. The van der Waals surface area contributed by atoms with E-state index in [0.29, 0.717) is 11.3 Å². The van der Waals surface area contributed by atoms with E-state index in [4.69, 9.17) is 4.74 Å². The predicted molar refractivity (Wildman–Crippen MR) is 83.2 cm³/mol. The van der Waals surface area contributed by atoms with E-state index in [-0.39, 0.29) is 16.3 Å². The van der Waals surface area contributed by atoms with E-state index in [2.05, 4.69) is 15.1 Å². The maximum Gasteiger partial charge on any atom is 0.268 e. The summed E-state index contributed by atoms with van der Waals surface area (Å²) in [5, 5.41) is 4.04. The summed E-state index contributed by atoms with van der Waals surface area (Å²) in [6.45, 7) is 1.65. The zero-order valence-corrected chi connectivity index (χ0v) is 13.6. The number of nitrogens with zero attached hydrogens (tertiary/aromatic N) is 4. The zero-order chi connectivity index (χ0) is 17.3. The lowest BCUT2D eigenvalue weighted by Crippen LogP contribution is -2.31. The van der Waals surface area contributed by atoms with Crippen molar-refractivity contribution in [3.8, 4) is 5.88 Å². The Balaban J connectivity index is 1.90. The molecule has 9 nitrogen and oxygen atoms in total. The van der Waals surface area contributed by atoms with Gasteiger partial charge in [-0.3, -0.25) is 4.79 Å². The monoisotopic (exact) mass is 347 g/mol. The van der Waals surface area contributed by atoms with Gasteiger partial charge >= 0.3 is 0 Å². The average molecular weight is 347 g/mol. The van der Waals surface area contributed by atoms with Crippen LogP contribution in [0.25, 0.3) is 5.65 Å². The minimum Gasteiger partial charge on any atom is -0.481 e. The SMILES string of the molecule is COc1ccc(S(=O)(=O)NC(=O)c2cnc3ccnn3c2C)cn1. The number of amides is 1. The fourth-order valence-electron chi connectivity index (χ4n) is 2.10. The molecule has 3 heterocycles. The molecule has 3 aromatic heterocycles. The number of carbonyl (C=O) groups is 1. The largest absolute Gasteiger partial charge is 0.481 e. The molecule has 3 rings (SSSR count). The van der Waals surface area contributed by atoms with E-state index in [1.807, 2.05) is 4.72 Å². The lowest BCUT2D eigenvalue weighted by Gasteiger charge is -2.09. The van der Waals surface area contributed by atoms with Gasteiger partial charge in [-0.05, 0) is 13.0 Å². The summed E-state index contributed by atoms with van der Waals surface area (Å²) < 4.78 is 32.9. The topological polar surface area (TPSA) is 116 Å². The summed E-state index contributed by atoms with van der Waals surface area (Å²) in [5.74, 6) is -0.530. The molecular formula is C14H13N5O4S. The molecule has 0 bridgehead atoms. The Morgan fingerprint density at radius 1 is 1.21 bits per heavy atom. The summed E-state index contributed by atoms with van der Waals surface area (Å²) >= 11 is 0. The van der Waals surface area contributed by atoms with E-state index in [0.717, 1.165) is 6.20 Å². The van der Waals surface area contributed by atoms with Crippen LogP contribution < -0.4 is 9.46 Å². The second-order valence-electron chi connectivity index (χ2n) is 4.83. The quantitative estimate of drug-likeness (QED) is 0.733. The van der Waals surface area contributed by atoms with E-state index in [1.165, 1.54) is 36.2 Å². The summed E-state index contributed by atoms with van der Waals surface area (Å²) in [6.07, 6.45) is 3.95. The molecule has 10 heteroatoms. The van der Waals surface area contributed by atoms with Crippen LogP contribution in [-0.4, -0.2) is 41.0 Å². The maximum atomic E-state index is 12.3. The Morgan fingerprint density at radius 3 is 2.67 bits per heavy atom. The van der Waals surface area contributed by atoms with Gasteiger partial charge in [0.2, 0.25) is 5.88 Å². The van der Waals surface area contributed by atoms with Crippen molar-refractivity contribution in [2.45, 2.75) is 11.8 Å². The van der Waals surface area contributed by atoms with Gasteiger partial charge in [-0.25, -0.2) is 27.6 Å². The molecule has 3 aromatic rings. The number of carbonyl (C=O) groups excluding carboxylic acids is 1. The van der Waals surface area contributed by atoms with E-state index < -0.39 is 15.9 Å². The Bertz CT molecular complexity index is 1010. The molecular weight excluding hydrogens is 334 g/mol. The Hall–Kier alpha value is -3.01. The van der Waals surface area contributed by atoms with Crippen LogP contribution in [0.4, 0.5) is 0 Å². The third-order valence-corrected chi connectivity index (χ3v) is 4.67. The number of ether oxygens (including phenoxy) is 1. The summed E-state index contributed by atoms with van der Waals surface area (Å²) in [6, 6.07) is 4.36. The third-order valence-electron chi connectivity index (χ3n) is 3.36. The fourth-order valence-corrected chi connectivity index (χ4v) is 3.01. The number of nitrogens with one attached hydrogen (secondary N) is 1. The van der Waals surface area contributed by atoms with E-state index in [9.17, 15) is 13.2 Å². The molecule has 1 amide bonds. The molecule has 0 atom stereocenters. The van der Waals surface area contributed by atoms with Crippen LogP contribution in [0.2, 0.25) is 0 Å². The van der Waals surface area contributed by atoms with Crippen molar-refractivity contribution in [1.82, 2.24) is 24.3 Å². The Morgan fingerprint density at radius 2 is 2.00 bits per heavy atom. The van der Waals surface area contributed by atoms with Crippen LogP contribution in [0.1, 0.15) is 16.1 Å². The Kier molecular flexibility index (Phi) is 3.89. The highest BCUT2D eigenvalue weighted by Gasteiger charge is 2.21. The molecule has 0 aliphatic carbocycles. The van der Waals surface area contributed by atoms with Gasteiger partial charge in [0.25, 0.3) is 15.9 Å². The molecule has 0 aliphatic rings. The number of fused-ring (bicyclic) bond motifs is 1. The number of hydrogen-bond acceptors (Lipinski definition) is 7. The number of pyridine rings is 1. The van der Waals surface area contributed by atoms with Crippen molar-refractivity contribution in [2.75, 3.05) is 7.11 Å². The second kappa shape index (κ2) is 5.89. The van der Waals surface area contributed by atoms with Gasteiger partial charge < -0.3 is 4.74 Å². The van der Waals surface area contributed by atoms with Crippen LogP contribution in [0.3, 0.4) is 0 Å². The van der Waals surface area contributed by atoms with Gasteiger partial charge in [-0.2, -0.15) is 5.10 Å². The molecule has 1 N–H and O–H groups in total. The first kappa shape index (κ1) is 15.9. The number of sulfonamides is 1. The molecule has 0 aliphatic heterocycles. The molecule has 0 spiro atoms. The second-order valence-corrected chi connectivity index (χ2v) is 6.51. The van der Waals surface area contributed by atoms with Crippen molar-refractivity contribution in [2.24, 2.45) is 0 Å². The summed E-state index contributed by atoms with van der Waals surface area (Å²) in [5.41, 5.74) is 1.15. The van der Waals surface area contributed by atoms with Gasteiger partial charge in [-0.15, -0.1) is 0 Å². The van der Waals surface area contributed by atoms with Crippen LogP contribution in [0, 0.1) is 6.92 Å². The molecule has 0 radical (unpaired) electrons. The van der Waals surface area contributed by atoms with E-state index in [1.54, 1.807) is 13.0 Å². The van der Waals surface area contributed by atoms with Gasteiger partial charge in [0.05, 0.1) is 30.8 Å². The third kappa shape index (κ3) is 2.78. The first-order chi connectivity index (χ1) is 11.4. The standard InChI is InChI=1S/C14H13N5O4S/c1-9-11(8-15-12-5-6-17-19(9)12)14(20)18-24(21,22)10-3-4-13(23-2)16-7-10/h3-8H,1-2H3,(H,18,20). The highest BCUT2D eigenvalue weighted by molar-refractivity contribution is 7.90. The minimum absolute atomic E-state index is 0.108. The van der Waals surface area contributed by atoms with Crippen molar-refractivity contribution < 1.29 is 17.9 Å².